The van der Waals surface area contributed by atoms with Crippen LogP contribution in [0.15, 0.2) is 76.4 Å². The molecule has 0 bridgehead atoms. The molecule has 0 fully saturated rings. The molecule has 0 aliphatic rings. The molecule has 0 aliphatic heterocycles. The van der Waals surface area contributed by atoms with Gasteiger partial charge < -0.3 is 5.32 Å². The number of thioether (sulfide) groups is 1. The Morgan fingerprint density at radius 2 is 1.82 bits per heavy atom. The third-order valence-corrected chi connectivity index (χ3v) is 7.49. The molecule has 1 unspecified atom stereocenters. The van der Waals surface area contributed by atoms with Gasteiger partial charge in [0, 0.05) is 15.2 Å². The van der Waals surface area contributed by atoms with Gasteiger partial charge in [0.1, 0.15) is 0 Å². The Kier molecular flexibility index (Phi) is 7.99. The van der Waals surface area contributed by atoms with E-state index in [0.717, 1.165) is 4.47 Å². The number of hydrogen-bond acceptors (Lipinski definition) is 4. The number of rotatable bonds is 7. The lowest BCUT2D eigenvalue weighted by atomic mass is 10.1. The molecular weight excluding hydrogens is 555 g/mol. The van der Waals surface area contributed by atoms with Crippen molar-refractivity contribution in [3.63, 3.8) is 0 Å². The van der Waals surface area contributed by atoms with Crippen molar-refractivity contribution in [1.82, 2.24) is 20.1 Å². The smallest absolute Gasteiger partial charge is 0.253 e. The number of carbonyl (C=O) groups excluding carboxylic acids is 1. The van der Waals surface area contributed by atoms with E-state index in [1.54, 1.807) is 30.0 Å². The van der Waals surface area contributed by atoms with Crippen LogP contribution in [-0.4, -0.2) is 20.7 Å². The topological polar surface area (TPSA) is 59.8 Å². The summed E-state index contributed by atoms with van der Waals surface area (Å²) in [5, 5.41) is 13.6. The lowest BCUT2D eigenvalue weighted by molar-refractivity contribution is 0.0937. The summed E-state index contributed by atoms with van der Waals surface area (Å²) in [6, 6.07) is 20.3. The Labute approximate surface area is 221 Å². The van der Waals surface area contributed by atoms with Gasteiger partial charge in [-0.25, -0.2) is 0 Å². The van der Waals surface area contributed by atoms with Crippen LogP contribution < -0.4 is 5.32 Å². The number of aromatic nitrogens is 3. The van der Waals surface area contributed by atoms with E-state index in [-0.39, 0.29) is 5.91 Å². The highest BCUT2D eigenvalue weighted by atomic mass is 79.9. The van der Waals surface area contributed by atoms with Gasteiger partial charge in [-0.05, 0) is 71.2 Å². The Morgan fingerprint density at radius 1 is 1.09 bits per heavy atom. The number of halogens is 3. The first-order valence-corrected chi connectivity index (χ1v) is 13.0. The fourth-order valence-electron chi connectivity index (χ4n) is 3.44. The second-order valence-corrected chi connectivity index (χ2v) is 10.3. The summed E-state index contributed by atoms with van der Waals surface area (Å²) in [6.07, 6.45) is 0. The number of benzene rings is 3. The number of nitrogens with zero attached hydrogens (tertiary/aromatic N) is 3. The Balaban J connectivity index is 1.68. The van der Waals surface area contributed by atoms with E-state index in [1.165, 1.54) is 11.1 Å². The molecule has 1 heterocycles. The number of aryl methyl sites for hydroxylation is 1. The molecule has 1 atom stereocenters. The van der Waals surface area contributed by atoms with Crippen molar-refractivity contribution in [2.75, 3.05) is 0 Å². The van der Waals surface area contributed by atoms with Crippen molar-refractivity contribution in [2.24, 2.45) is 0 Å². The first-order valence-electron chi connectivity index (χ1n) is 10.5. The molecule has 4 aromatic rings. The Hall–Kier alpha value is -2.32. The van der Waals surface area contributed by atoms with Crippen LogP contribution >= 0.6 is 50.9 Å². The second kappa shape index (κ2) is 11.0. The van der Waals surface area contributed by atoms with Gasteiger partial charge in [-0.1, -0.05) is 71.4 Å². The van der Waals surface area contributed by atoms with Crippen LogP contribution in [-0.2, 0) is 5.75 Å². The quantitative estimate of drug-likeness (QED) is 0.233. The molecule has 0 saturated heterocycles. The third-order valence-electron chi connectivity index (χ3n) is 5.28. The van der Waals surface area contributed by atoms with Gasteiger partial charge in [0.25, 0.3) is 5.91 Å². The van der Waals surface area contributed by atoms with Gasteiger partial charge in [0.05, 0.1) is 22.3 Å². The van der Waals surface area contributed by atoms with E-state index in [4.69, 9.17) is 23.2 Å². The molecule has 34 heavy (non-hydrogen) atoms. The van der Waals surface area contributed by atoms with Crippen LogP contribution in [0.5, 0.6) is 0 Å². The largest absolute Gasteiger partial charge is 0.342 e. The first kappa shape index (κ1) is 24.8. The Bertz CT molecular complexity index is 1340. The van der Waals surface area contributed by atoms with Crippen molar-refractivity contribution in [1.29, 1.82) is 0 Å². The summed E-state index contributed by atoms with van der Waals surface area (Å²) in [5.41, 5.74) is 3.65. The summed E-state index contributed by atoms with van der Waals surface area (Å²) in [5.74, 6) is 1.07. The molecule has 4 rings (SSSR count). The fourth-order valence-corrected chi connectivity index (χ4v) is 5.43. The highest BCUT2D eigenvalue weighted by Crippen LogP contribution is 2.33. The number of amides is 1. The Morgan fingerprint density at radius 3 is 2.56 bits per heavy atom. The van der Waals surface area contributed by atoms with E-state index in [1.807, 2.05) is 47.9 Å². The molecule has 0 saturated carbocycles. The van der Waals surface area contributed by atoms with Gasteiger partial charge >= 0.3 is 0 Å². The van der Waals surface area contributed by atoms with Crippen molar-refractivity contribution in [3.8, 4) is 5.69 Å². The minimum atomic E-state index is -0.438. The minimum absolute atomic E-state index is 0.217. The molecule has 1 amide bonds. The second-order valence-electron chi connectivity index (χ2n) is 7.66. The van der Waals surface area contributed by atoms with E-state index >= 15 is 0 Å². The van der Waals surface area contributed by atoms with Crippen molar-refractivity contribution in [3.05, 3.63) is 104 Å². The predicted molar refractivity (Wildman–Crippen MR) is 142 cm³/mol. The van der Waals surface area contributed by atoms with Crippen molar-refractivity contribution >= 4 is 56.8 Å². The van der Waals surface area contributed by atoms with Gasteiger partial charge in [0.2, 0.25) is 0 Å². The van der Waals surface area contributed by atoms with Crippen LogP contribution in [0.25, 0.3) is 5.69 Å². The van der Waals surface area contributed by atoms with Crippen LogP contribution in [0.3, 0.4) is 0 Å². The third kappa shape index (κ3) is 5.49. The standard InChI is InChI=1S/C25H21BrCl2N4OS/c1-15-7-3-4-8-17(15)14-34-25-31-30-23(32(25)22-12-11-18(27)13-21(22)28)16(2)29-24(33)19-9-5-6-10-20(19)26/h3-13,16H,14H2,1-2H3,(H,29,33). The van der Waals surface area contributed by atoms with Crippen LogP contribution in [0.4, 0.5) is 0 Å². The van der Waals surface area contributed by atoms with Gasteiger partial charge in [-0.15, -0.1) is 10.2 Å². The maximum Gasteiger partial charge on any atom is 0.253 e. The maximum absolute atomic E-state index is 12.9. The number of carbonyl (C=O) groups is 1. The summed E-state index contributed by atoms with van der Waals surface area (Å²) in [7, 11) is 0. The zero-order chi connectivity index (χ0) is 24.2. The highest BCUT2D eigenvalue weighted by molar-refractivity contribution is 9.10. The number of hydrogen-bond donors (Lipinski definition) is 1. The molecular formula is C25H21BrCl2N4OS. The maximum atomic E-state index is 12.9. The average Bonchev–Trinajstić information content (AvgIpc) is 3.22. The monoisotopic (exact) mass is 574 g/mol. The molecule has 0 radical (unpaired) electrons. The summed E-state index contributed by atoms with van der Waals surface area (Å²) < 4.78 is 2.60. The molecule has 3 aromatic carbocycles. The molecule has 5 nitrogen and oxygen atoms in total. The normalized spacial score (nSPS) is 11.9. The molecule has 174 valence electrons. The molecule has 9 heteroatoms. The summed E-state index contributed by atoms with van der Waals surface area (Å²) in [4.78, 5) is 12.9. The zero-order valence-corrected chi connectivity index (χ0v) is 22.3. The van der Waals surface area contributed by atoms with E-state index in [2.05, 4.69) is 50.5 Å². The lowest BCUT2D eigenvalue weighted by Gasteiger charge is -2.18. The van der Waals surface area contributed by atoms with Crippen LogP contribution in [0.2, 0.25) is 10.0 Å². The highest BCUT2D eigenvalue weighted by Gasteiger charge is 2.23. The SMILES string of the molecule is Cc1ccccc1CSc1nnc(C(C)NC(=O)c2ccccc2Br)n1-c1ccc(Cl)cc1Cl. The minimum Gasteiger partial charge on any atom is -0.342 e. The average molecular weight is 576 g/mol. The van der Waals surface area contributed by atoms with Crippen LogP contribution in [0.1, 0.15) is 40.3 Å². The van der Waals surface area contributed by atoms with Gasteiger partial charge in [0.15, 0.2) is 11.0 Å². The summed E-state index contributed by atoms with van der Waals surface area (Å²) in [6.45, 7) is 3.95. The fraction of sp³-hybridized carbons (Fsp3) is 0.160. The summed E-state index contributed by atoms with van der Waals surface area (Å²) >= 11 is 17.7. The lowest BCUT2D eigenvalue weighted by Crippen LogP contribution is -2.29. The van der Waals surface area contributed by atoms with Crippen molar-refractivity contribution in [2.45, 2.75) is 30.8 Å². The zero-order valence-electron chi connectivity index (χ0n) is 18.4. The van der Waals surface area contributed by atoms with E-state index < -0.39 is 6.04 Å². The molecule has 0 spiro atoms. The van der Waals surface area contributed by atoms with Gasteiger partial charge in [-0.2, -0.15) is 0 Å². The predicted octanol–water partition coefficient (Wildman–Crippen LogP) is 7.43. The van der Waals surface area contributed by atoms with Crippen molar-refractivity contribution < 1.29 is 4.79 Å². The van der Waals surface area contributed by atoms with Gasteiger partial charge in [-0.3, -0.25) is 9.36 Å². The molecule has 1 N–H and O–H groups in total. The van der Waals surface area contributed by atoms with E-state index in [9.17, 15) is 4.79 Å². The number of nitrogens with one attached hydrogen (secondary N) is 1. The molecule has 1 aromatic heterocycles. The van der Waals surface area contributed by atoms with Crippen LogP contribution in [0, 0.1) is 6.92 Å². The van der Waals surface area contributed by atoms with E-state index in [0.29, 0.717) is 38.0 Å². The molecule has 0 aliphatic carbocycles. The first-order chi connectivity index (χ1) is 16.3.